The normalized spacial score (nSPS) is 13.8. The smallest absolute Gasteiger partial charge is 0.318 e. The molecule has 1 aliphatic heterocycles. The highest BCUT2D eigenvalue weighted by atomic mass is 35.5. The zero-order valence-corrected chi connectivity index (χ0v) is 21.9. The number of non-ortho nitro benzene ring substituents is 1. The molecule has 0 radical (unpaired) electrons. The third kappa shape index (κ3) is 6.19. The van der Waals surface area contributed by atoms with Crippen LogP contribution in [-0.4, -0.2) is 45.5 Å². The molecule has 204 valence electrons. The summed E-state index contributed by atoms with van der Waals surface area (Å²) in [5.41, 5.74) is -0.331. The van der Waals surface area contributed by atoms with Gasteiger partial charge in [-0.2, -0.15) is 0 Å². The molecule has 0 atom stereocenters. The van der Waals surface area contributed by atoms with Gasteiger partial charge in [-0.05, 0) is 53.7 Å². The summed E-state index contributed by atoms with van der Waals surface area (Å²) in [6, 6.07) is 13.8. The van der Waals surface area contributed by atoms with Gasteiger partial charge in [-0.25, -0.2) is 0 Å². The van der Waals surface area contributed by atoms with E-state index in [0.717, 1.165) is 23.1 Å². The number of imide groups is 1. The van der Waals surface area contributed by atoms with E-state index in [4.69, 9.17) is 21.1 Å². The predicted octanol–water partition coefficient (Wildman–Crippen LogP) is 5.63. The molecule has 0 spiro atoms. The second-order valence-corrected chi connectivity index (χ2v) is 9.37. The average Bonchev–Trinajstić information content (AvgIpc) is 3.17. The molecule has 0 saturated carbocycles. The highest BCUT2D eigenvalue weighted by Gasteiger charge is 2.36. The first kappa shape index (κ1) is 28.1. The maximum Gasteiger partial charge on any atom is 0.318 e. The van der Waals surface area contributed by atoms with Gasteiger partial charge in [0.15, 0.2) is 11.5 Å². The molecular weight excluding hydrogens is 568 g/mol. The van der Waals surface area contributed by atoms with Crippen LogP contribution in [0.4, 0.5) is 21.9 Å². The van der Waals surface area contributed by atoms with Crippen LogP contribution in [0.25, 0.3) is 6.08 Å². The Kier molecular flexibility index (Phi) is 8.31. The molecule has 3 aromatic carbocycles. The van der Waals surface area contributed by atoms with Crippen molar-refractivity contribution in [3.8, 4) is 17.2 Å². The van der Waals surface area contributed by atoms with Crippen molar-refractivity contribution in [2.24, 2.45) is 0 Å². The SMILES string of the molecule is COc1cc(/C=C2/SC(=O)N(CC(=O)Nc3ccccc3Cl)C2=O)ccc1Oc1ccc([N+](=O)[O-])cc1[N+](=O)[O-]. The van der Waals surface area contributed by atoms with E-state index in [-0.39, 0.29) is 22.2 Å². The van der Waals surface area contributed by atoms with Crippen molar-refractivity contribution in [1.29, 1.82) is 0 Å². The molecule has 3 aromatic rings. The van der Waals surface area contributed by atoms with Crippen molar-refractivity contribution in [2.75, 3.05) is 19.0 Å². The summed E-state index contributed by atoms with van der Waals surface area (Å²) in [5.74, 6) is -1.36. The van der Waals surface area contributed by atoms with Crippen molar-refractivity contribution in [3.05, 3.63) is 96.4 Å². The number of hydrogen-bond donors (Lipinski definition) is 1. The Hall–Kier alpha value is -4.95. The molecule has 1 aliphatic rings. The van der Waals surface area contributed by atoms with Crippen LogP contribution in [-0.2, 0) is 9.59 Å². The van der Waals surface area contributed by atoms with Gasteiger partial charge in [0, 0.05) is 6.07 Å². The Bertz CT molecular complexity index is 1590. The number of methoxy groups -OCH3 is 1. The van der Waals surface area contributed by atoms with Gasteiger partial charge >= 0.3 is 5.69 Å². The number of amides is 3. The van der Waals surface area contributed by atoms with Crippen LogP contribution in [0.1, 0.15) is 5.56 Å². The topological polar surface area (TPSA) is 171 Å². The monoisotopic (exact) mass is 584 g/mol. The quantitative estimate of drug-likeness (QED) is 0.189. The Labute approximate surface area is 234 Å². The van der Waals surface area contributed by atoms with Crippen molar-refractivity contribution in [2.45, 2.75) is 0 Å². The Morgan fingerprint density at radius 1 is 1.02 bits per heavy atom. The number of nitro benzene ring substituents is 2. The van der Waals surface area contributed by atoms with Gasteiger partial charge in [0.1, 0.15) is 6.54 Å². The minimum Gasteiger partial charge on any atom is -0.493 e. The number of carbonyl (C=O) groups excluding carboxylic acids is 3. The third-order valence-corrected chi connectivity index (χ3v) is 6.62. The van der Waals surface area contributed by atoms with Crippen LogP contribution in [0.2, 0.25) is 5.02 Å². The van der Waals surface area contributed by atoms with E-state index >= 15 is 0 Å². The van der Waals surface area contributed by atoms with E-state index in [1.54, 1.807) is 24.3 Å². The molecule has 1 heterocycles. The van der Waals surface area contributed by atoms with Crippen LogP contribution in [0, 0.1) is 20.2 Å². The van der Waals surface area contributed by atoms with Crippen molar-refractivity contribution in [3.63, 3.8) is 0 Å². The molecule has 0 aliphatic carbocycles. The molecule has 0 bridgehead atoms. The molecule has 3 amide bonds. The fraction of sp³-hybridized carbons (Fsp3) is 0.0800. The number of ether oxygens (including phenoxy) is 2. The Balaban J connectivity index is 1.51. The summed E-state index contributed by atoms with van der Waals surface area (Å²) in [5, 5.41) is 24.6. The molecule has 1 saturated heterocycles. The van der Waals surface area contributed by atoms with Crippen LogP contribution in [0.3, 0.4) is 0 Å². The van der Waals surface area contributed by atoms with E-state index in [9.17, 15) is 34.6 Å². The number of halogens is 1. The zero-order valence-electron chi connectivity index (χ0n) is 20.4. The first-order valence-corrected chi connectivity index (χ1v) is 12.3. The number of rotatable bonds is 9. The highest BCUT2D eigenvalue weighted by molar-refractivity contribution is 8.18. The minimum atomic E-state index is -0.812. The Morgan fingerprint density at radius 2 is 1.75 bits per heavy atom. The van der Waals surface area contributed by atoms with Gasteiger partial charge < -0.3 is 14.8 Å². The van der Waals surface area contributed by atoms with Gasteiger partial charge in [0.05, 0.1) is 38.6 Å². The molecule has 15 heteroatoms. The third-order valence-electron chi connectivity index (χ3n) is 5.38. The lowest BCUT2D eigenvalue weighted by molar-refractivity contribution is -0.394. The van der Waals surface area contributed by atoms with E-state index in [2.05, 4.69) is 5.32 Å². The summed E-state index contributed by atoms with van der Waals surface area (Å²) in [4.78, 5) is 59.4. The molecular formula is C25H17ClN4O9S. The van der Waals surface area contributed by atoms with Crippen molar-refractivity contribution in [1.82, 2.24) is 4.90 Å². The molecule has 1 fully saturated rings. The van der Waals surface area contributed by atoms with Gasteiger partial charge in [0.2, 0.25) is 11.7 Å². The van der Waals surface area contributed by atoms with Gasteiger partial charge in [0.25, 0.3) is 16.8 Å². The standard InChI is InChI=1S/C25H17ClN4O9S/c1-38-21-10-14(6-8-20(21)39-19-9-7-15(29(34)35)12-18(19)30(36)37)11-22-24(32)28(25(33)40-22)13-23(31)27-17-5-3-2-4-16(17)26/h2-12H,13H2,1H3,(H,27,31)/b22-11+. The van der Waals surface area contributed by atoms with E-state index in [1.807, 2.05) is 0 Å². The molecule has 0 aromatic heterocycles. The second-order valence-electron chi connectivity index (χ2n) is 7.97. The maximum absolute atomic E-state index is 12.9. The number of nitrogens with zero attached hydrogens (tertiary/aromatic N) is 3. The number of nitrogens with one attached hydrogen (secondary N) is 1. The van der Waals surface area contributed by atoms with Crippen LogP contribution < -0.4 is 14.8 Å². The number of para-hydroxylation sites is 1. The molecule has 40 heavy (non-hydrogen) atoms. The molecule has 1 N–H and O–H groups in total. The lowest BCUT2D eigenvalue weighted by Crippen LogP contribution is -2.36. The van der Waals surface area contributed by atoms with E-state index in [1.165, 1.54) is 31.4 Å². The fourth-order valence-corrected chi connectivity index (χ4v) is 4.53. The Morgan fingerprint density at radius 3 is 2.42 bits per heavy atom. The second kappa shape index (κ2) is 11.8. The summed E-state index contributed by atoms with van der Waals surface area (Å²) in [6.45, 7) is -0.517. The highest BCUT2D eigenvalue weighted by Crippen LogP contribution is 2.39. The first-order chi connectivity index (χ1) is 19.1. The largest absolute Gasteiger partial charge is 0.493 e. The maximum atomic E-state index is 12.9. The summed E-state index contributed by atoms with van der Waals surface area (Å²) >= 11 is 6.67. The predicted molar refractivity (Wildman–Crippen MR) is 146 cm³/mol. The minimum absolute atomic E-state index is 0.0530. The van der Waals surface area contributed by atoms with Gasteiger partial charge in [-0.15, -0.1) is 0 Å². The molecule has 13 nitrogen and oxygen atoms in total. The van der Waals surface area contributed by atoms with Crippen LogP contribution >= 0.6 is 23.4 Å². The zero-order chi connectivity index (χ0) is 29.0. The van der Waals surface area contributed by atoms with Crippen LogP contribution in [0.5, 0.6) is 17.2 Å². The lowest BCUT2D eigenvalue weighted by atomic mass is 10.1. The van der Waals surface area contributed by atoms with Crippen LogP contribution in [0.15, 0.2) is 65.6 Å². The summed E-state index contributed by atoms with van der Waals surface area (Å²) in [7, 11) is 1.32. The average molecular weight is 585 g/mol. The number of anilines is 1. The van der Waals surface area contributed by atoms with Crippen molar-refractivity contribution >= 4 is 63.6 Å². The lowest BCUT2D eigenvalue weighted by Gasteiger charge is -2.13. The van der Waals surface area contributed by atoms with E-state index < -0.39 is 44.8 Å². The summed E-state index contributed by atoms with van der Waals surface area (Å²) in [6.07, 6.45) is 1.41. The van der Waals surface area contributed by atoms with Gasteiger partial charge in [-0.1, -0.05) is 29.8 Å². The fourth-order valence-electron chi connectivity index (χ4n) is 3.51. The number of carbonyl (C=O) groups is 3. The van der Waals surface area contributed by atoms with E-state index in [0.29, 0.717) is 28.0 Å². The van der Waals surface area contributed by atoms with Crippen molar-refractivity contribution < 1.29 is 33.7 Å². The molecule has 4 rings (SSSR count). The summed E-state index contributed by atoms with van der Waals surface area (Å²) < 4.78 is 10.9. The van der Waals surface area contributed by atoms with Gasteiger partial charge in [-0.3, -0.25) is 39.5 Å². The number of benzene rings is 3. The number of hydrogen-bond acceptors (Lipinski definition) is 10. The molecule has 0 unspecified atom stereocenters. The number of thioether (sulfide) groups is 1. The number of nitro groups is 2. The first-order valence-electron chi connectivity index (χ1n) is 11.2.